The van der Waals surface area contributed by atoms with Crippen LogP contribution in [0.3, 0.4) is 0 Å². The minimum absolute atomic E-state index is 0.601. The largest absolute Gasteiger partial charge is 0.456 e. The highest BCUT2D eigenvalue weighted by Gasteiger charge is 2.21. The summed E-state index contributed by atoms with van der Waals surface area (Å²) in [5.41, 5.74) is 11.1. The third-order valence-corrected chi connectivity index (χ3v) is 10.0. The van der Waals surface area contributed by atoms with E-state index in [0.29, 0.717) is 5.82 Å². The normalized spacial score (nSPS) is 11.9. The summed E-state index contributed by atoms with van der Waals surface area (Å²) in [7, 11) is 0. The molecule has 51 heavy (non-hydrogen) atoms. The standard InChI is InChI=1S/C46H27N3O2/c1-3-12-28(13-4-1)37-27-38(29-22-23-32-31-16-8-10-21-41(31)50-42(32)26-29)48-46(47-37)36-19-11-18-33-34-24-25-40-43(45(34)51-44(33)36)35-17-7-9-20-39(35)49(40)30-14-5-2-6-15-30/h1-27H. The number of hydrogen-bond donors (Lipinski definition) is 0. The fourth-order valence-corrected chi connectivity index (χ4v) is 7.70. The van der Waals surface area contributed by atoms with Crippen molar-refractivity contribution in [2.24, 2.45) is 0 Å². The Morgan fingerprint density at radius 3 is 1.94 bits per heavy atom. The van der Waals surface area contributed by atoms with Crippen molar-refractivity contribution in [2.45, 2.75) is 0 Å². The number of nitrogens with zero attached hydrogens (tertiary/aromatic N) is 3. The molecule has 238 valence electrons. The van der Waals surface area contributed by atoms with Gasteiger partial charge in [0, 0.05) is 43.7 Å². The molecular formula is C46H27N3O2. The van der Waals surface area contributed by atoms with Crippen molar-refractivity contribution < 1.29 is 8.83 Å². The van der Waals surface area contributed by atoms with Crippen LogP contribution in [0.5, 0.6) is 0 Å². The molecule has 0 aliphatic heterocycles. The molecule has 0 bridgehead atoms. The molecule has 4 aromatic heterocycles. The summed E-state index contributed by atoms with van der Waals surface area (Å²) in [6.07, 6.45) is 0. The predicted octanol–water partition coefficient (Wildman–Crippen LogP) is 12.4. The van der Waals surface area contributed by atoms with Gasteiger partial charge in [0.15, 0.2) is 5.82 Å². The number of fused-ring (bicyclic) bond motifs is 10. The lowest BCUT2D eigenvalue weighted by Gasteiger charge is -2.10. The first-order chi connectivity index (χ1) is 25.3. The van der Waals surface area contributed by atoms with Gasteiger partial charge in [-0.1, -0.05) is 103 Å². The zero-order valence-electron chi connectivity index (χ0n) is 27.2. The molecule has 5 heteroatoms. The monoisotopic (exact) mass is 653 g/mol. The SMILES string of the molecule is c1ccc(-c2cc(-c3ccc4c(c3)oc3ccccc34)nc(-c3cccc4c3oc3c4ccc4c3c3ccccc3n4-c3ccccc3)n2)cc1. The summed E-state index contributed by atoms with van der Waals surface area (Å²) in [4.78, 5) is 10.4. The molecule has 0 aliphatic rings. The van der Waals surface area contributed by atoms with E-state index in [1.807, 2.05) is 42.5 Å². The number of benzene rings is 7. The maximum Gasteiger partial charge on any atom is 0.164 e. The van der Waals surface area contributed by atoms with Crippen LogP contribution in [0, 0.1) is 0 Å². The maximum atomic E-state index is 6.98. The molecular weight excluding hydrogens is 627 g/mol. The van der Waals surface area contributed by atoms with Crippen molar-refractivity contribution in [1.82, 2.24) is 14.5 Å². The van der Waals surface area contributed by atoms with Crippen molar-refractivity contribution >= 4 is 65.7 Å². The molecule has 0 fully saturated rings. The van der Waals surface area contributed by atoms with Gasteiger partial charge in [-0.2, -0.15) is 0 Å². The summed E-state index contributed by atoms with van der Waals surface area (Å²) in [5, 5.41) is 6.51. The Balaban J connectivity index is 1.16. The van der Waals surface area contributed by atoms with Crippen LogP contribution >= 0.6 is 0 Å². The highest BCUT2D eigenvalue weighted by molar-refractivity contribution is 6.24. The van der Waals surface area contributed by atoms with E-state index in [0.717, 1.165) is 99.4 Å². The third-order valence-electron chi connectivity index (χ3n) is 10.0. The van der Waals surface area contributed by atoms with Gasteiger partial charge in [0.2, 0.25) is 0 Å². The molecule has 0 amide bonds. The summed E-state index contributed by atoms with van der Waals surface area (Å²) in [6, 6.07) is 56.5. The highest BCUT2D eigenvalue weighted by Crippen LogP contribution is 2.43. The van der Waals surface area contributed by atoms with Crippen molar-refractivity contribution in [1.29, 1.82) is 0 Å². The topological polar surface area (TPSA) is 57.0 Å². The summed E-state index contributed by atoms with van der Waals surface area (Å²) in [5.74, 6) is 0.601. The average Bonchev–Trinajstić information content (AvgIpc) is 3.87. The molecule has 0 spiro atoms. The average molecular weight is 654 g/mol. The van der Waals surface area contributed by atoms with Crippen molar-refractivity contribution in [3.63, 3.8) is 0 Å². The van der Waals surface area contributed by atoms with Gasteiger partial charge < -0.3 is 13.4 Å². The Hall–Kier alpha value is -6.98. The van der Waals surface area contributed by atoms with Gasteiger partial charge >= 0.3 is 0 Å². The molecule has 0 saturated carbocycles. The van der Waals surface area contributed by atoms with Gasteiger partial charge in [0.1, 0.15) is 22.3 Å². The van der Waals surface area contributed by atoms with Gasteiger partial charge in [-0.25, -0.2) is 9.97 Å². The smallest absolute Gasteiger partial charge is 0.164 e. The third kappa shape index (κ3) is 4.22. The number of hydrogen-bond acceptors (Lipinski definition) is 4. The van der Waals surface area contributed by atoms with Crippen LogP contribution in [0.15, 0.2) is 173 Å². The Morgan fingerprint density at radius 1 is 0.412 bits per heavy atom. The van der Waals surface area contributed by atoms with Gasteiger partial charge in [-0.05, 0) is 60.7 Å². The Kier molecular flexibility index (Phi) is 5.89. The van der Waals surface area contributed by atoms with Gasteiger partial charge in [0.25, 0.3) is 0 Å². The number of aromatic nitrogens is 3. The van der Waals surface area contributed by atoms with Crippen LogP contribution in [0.25, 0.3) is 105 Å². The second-order valence-electron chi connectivity index (χ2n) is 12.9. The molecule has 11 aromatic rings. The first kappa shape index (κ1) is 27.9. The van der Waals surface area contributed by atoms with Crippen molar-refractivity contribution in [3.8, 4) is 39.6 Å². The minimum Gasteiger partial charge on any atom is -0.456 e. The lowest BCUT2D eigenvalue weighted by atomic mass is 10.0. The van der Waals surface area contributed by atoms with E-state index in [2.05, 4.69) is 126 Å². The first-order valence-corrected chi connectivity index (χ1v) is 17.1. The van der Waals surface area contributed by atoms with Crippen molar-refractivity contribution in [3.05, 3.63) is 164 Å². The highest BCUT2D eigenvalue weighted by atomic mass is 16.3. The van der Waals surface area contributed by atoms with E-state index < -0.39 is 0 Å². The quantitative estimate of drug-likeness (QED) is 0.190. The molecule has 0 aliphatic carbocycles. The Morgan fingerprint density at radius 2 is 1.08 bits per heavy atom. The maximum absolute atomic E-state index is 6.98. The predicted molar refractivity (Wildman–Crippen MR) is 207 cm³/mol. The summed E-state index contributed by atoms with van der Waals surface area (Å²) in [6.45, 7) is 0. The van der Waals surface area contributed by atoms with Crippen LogP contribution in [0.4, 0.5) is 0 Å². The van der Waals surface area contributed by atoms with Crippen LogP contribution in [0.2, 0.25) is 0 Å². The molecule has 0 N–H and O–H groups in total. The Labute approximate surface area is 291 Å². The molecule has 0 atom stereocenters. The lowest BCUT2D eigenvalue weighted by molar-refractivity contribution is 0.669. The first-order valence-electron chi connectivity index (χ1n) is 17.1. The lowest BCUT2D eigenvalue weighted by Crippen LogP contribution is -1.96. The van der Waals surface area contributed by atoms with E-state index in [1.54, 1.807) is 0 Å². The van der Waals surface area contributed by atoms with Crippen molar-refractivity contribution in [2.75, 3.05) is 0 Å². The van der Waals surface area contributed by atoms with E-state index in [9.17, 15) is 0 Å². The van der Waals surface area contributed by atoms with Crippen LogP contribution in [-0.4, -0.2) is 14.5 Å². The summed E-state index contributed by atoms with van der Waals surface area (Å²) >= 11 is 0. The zero-order chi connectivity index (χ0) is 33.5. The molecule has 0 saturated heterocycles. The van der Waals surface area contributed by atoms with Gasteiger partial charge in [0.05, 0.1) is 33.4 Å². The fourth-order valence-electron chi connectivity index (χ4n) is 7.70. The number of furan rings is 2. The van der Waals surface area contributed by atoms with E-state index in [4.69, 9.17) is 18.8 Å². The zero-order valence-corrected chi connectivity index (χ0v) is 27.2. The molecule has 11 rings (SSSR count). The summed E-state index contributed by atoms with van der Waals surface area (Å²) < 4.78 is 15.6. The second-order valence-corrected chi connectivity index (χ2v) is 12.9. The molecule has 5 nitrogen and oxygen atoms in total. The number of para-hydroxylation sites is 4. The molecule has 7 aromatic carbocycles. The minimum atomic E-state index is 0.601. The van der Waals surface area contributed by atoms with E-state index in [1.165, 1.54) is 0 Å². The van der Waals surface area contributed by atoms with E-state index in [-0.39, 0.29) is 0 Å². The van der Waals surface area contributed by atoms with E-state index >= 15 is 0 Å². The van der Waals surface area contributed by atoms with Crippen LogP contribution < -0.4 is 0 Å². The Bertz CT molecular complexity index is 3130. The van der Waals surface area contributed by atoms with Gasteiger partial charge in [-0.15, -0.1) is 0 Å². The van der Waals surface area contributed by atoms with Gasteiger partial charge in [-0.3, -0.25) is 0 Å². The van der Waals surface area contributed by atoms with Crippen LogP contribution in [0.1, 0.15) is 0 Å². The molecule has 0 radical (unpaired) electrons. The van der Waals surface area contributed by atoms with Crippen LogP contribution in [-0.2, 0) is 0 Å². The molecule has 0 unspecified atom stereocenters. The molecule has 4 heterocycles. The fraction of sp³-hybridized carbons (Fsp3) is 0. The second kappa shape index (κ2) is 10.8. The number of rotatable bonds is 4.